The molecule has 0 bridgehead atoms. The fourth-order valence-corrected chi connectivity index (χ4v) is 2.77. The first-order valence-electron chi connectivity index (χ1n) is 7.14. The highest BCUT2D eigenvalue weighted by Crippen LogP contribution is 2.28. The lowest BCUT2D eigenvalue weighted by atomic mass is 10.1. The van der Waals surface area contributed by atoms with E-state index < -0.39 is 0 Å². The van der Waals surface area contributed by atoms with Gasteiger partial charge >= 0.3 is 0 Å². The van der Waals surface area contributed by atoms with Crippen molar-refractivity contribution >= 4 is 5.82 Å². The van der Waals surface area contributed by atoms with Gasteiger partial charge in [0.05, 0.1) is 5.69 Å². The zero-order valence-electron chi connectivity index (χ0n) is 12.5. The lowest BCUT2D eigenvalue weighted by Gasteiger charge is -2.21. The molecule has 2 heterocycles. The first kappa shape index (κ1) is 14.3. The SMILES string of the molecule is Cc1nn(C)c(N2CCC(CO)C2)c1CNC(C)C. The Kier molecular flexibility index (Phi) is 4.47. The molecule has 2 rings (SSSR count). The van der Waals surface area contributed by atoms with Crippen molar-refractivity contribution in [3.05, 3.63) is 11.3 Å². The maximum absolute atomic E-state index is 9.29. The van der Waals surface area contributed by atoms with Crippen LogP contribution >= 0.6 is 0 Å². The van der Waals surface area contributed by atoms with Crippen LogP contribution in [0.2, 0.25) is 0 Å². The fraction of sp³-hybridized carbons (Fsp3) is 0.786. The molecule has 0 radical (unpaired) electrons. The molecule has 1 aliphatic rings. The number of aliphatic hydroxyl groups excluding tert-OH is 1. The average molecular weight is 266 g/mol. The van der Waals surface area contributed by atoms with Crippen LogP contribution in [-0.4, -0.2) is 40.6 Å². The Morgan fingerprint density at radius 3 is 2.79 bits per heavy atom. The third kappa shape index (κ3) is 3.09. The second kappa shape index (κ2) is 5.92. The Hall–Kier alpha value is -1.07. The molecule has 1 aromatic rings. The standard InChI is InChI=1S/C14H26N4O/c1-10(2)15-7-13-11(3)16-17(4)14(13)18-6-5-12(8-18)9-19/h10,12,15,19H,5-9H2,1-4H3. The number of hydrogen-bond acceptors (Lipinski definition) is 4. The number of nitrogens with one attached hydrogen (secondary N) is 1. The van der Waals surface area contributed by atoms with Crippen LogP contribution in [0.15, 0.2) is 0 Å². The van der Waals surface area contributed by atoms with E-state index in [4.69, 9.17) is 0 Å². The Bertz CT molecular complexity index is 427. The molecule has 108 valence electrons. The molecule has 1 aliphatic heterocycles. The summed E-state index contributed by atoms with van der Waals surface area (Å²) in [6.45, 7) is 9.47. The summed E-state index contributed by atoms with van der Waals surface area (Å²) in [5.41, 5.74) is 2.38. The third-order valence-electron chi connectivity index (χ3n) is 3.84. The van der Waals surface area contributed by atoms with E-state index in [2.05, 4.69) is 36.1 Å². The summed E-state index contributed by atoms with van der Waals surface area (Å²) in [5, 5.41) is 17.3. The molecule has 0 aromatic carbocycles. The first-order valence-corrected chi connectivity index (χ1v) is 7.14. The monoisotopic (exact) mass is 266 g/mol. The van der Waals surface area contributed by atoms with Gasteiger partial charge in [0.25, 0.3) is 0 Å². The molecule has 0 saturated carbocycles. The van der Waals surface area contributed by atoms with Gasteiger partial charge in [-0.25, -0.2) is 0 Å². The average Bonchev–Trinajstić information content (AvgIpc) is 2.91. The van der Waals surface area contributed by atoms with Gasteiger partial charge < -0.3 is 15.3 Å². The van der Waals surface area contributed by atoms with E-state index in [1.54, 1.807) is 0 Å². The molecule has 1 saturated heterocycles. The van der Waals surface area contributed by atoms with Gasteiger partial charge in [-0.05, 0) is 13.3 Å². The Labute approximate surface area is 115 Å². The van der Waals surface area contributed by atoms with Crippen LogP contribution in [0, 0.1) is 12.8 Å². The Balaban J connectivity index is 2.19. The maximum atomic E-state index is 9.29. The lowest BCUT2D eigenvalue weighted by Crippen LogP contribution is -2.27. The van der Waals surface area contributed by atoms with Gasteiger partial charge in [-0.2, -0.15) is 5.10 Å². The van der Waals surface area contributed by atoms with Crippen molar-refractivity contribution in [2.75, 3.05) is 24.6 Å². The summed E-state index contributed by atoms with van der Waals surface area (Å²) in [7, 11) is 2.01. The zero-order valence-corrected chi connectivity index (χ0v) is 12.5. The normalized spacial score (nSPS) is 19.7. The molecule has 5 nitrogen and oxygen atoms in total. The predicted molar refractivity (Wildman–Crippen MR) is 77.3 cm³/mol. The van der Waals surface area contributed by atoms with Gasteiger partial charge in [-0.15, -0.1) is 0 Å². The molecule has 1 aromatic heterocycles. The summed E-state index contributed by atoms with van der Waals surface area (Å²) in [5.74, 6) is 1.61. The molecule has 1 fully saturated rings. The predicted octanol–water partition coefficient (Wildman–Crippen LogP) is 1.05. The van der Waals surface area contributed by atoms with Gasteiger partial charge in [-0.3, -0.25) is 4.68 Å². The van der Waals surface area contributed by atoms with Crippen molar-refractivity contribution < 1.29 is 5.11 Å². The number of rotatable bonds is 5. The third-order valence-corrected chi connectivity index (χ3v) is 3.84. The van der Waals surface area contributed by atoms with E-state index in [1.165, 1.54) is 11.4 Å². The van der Waals surface area contributed by atoms with Crippen LogP contribution < -0.4 is 10.2 Å². The number of anilines is 1. The number of nitrogens with zero attached hydrogens (tertiary/aromatic N) is 3. The summed E-state index contributed by atoms with van der Waals surface area (Å²) >= 11 is 0. The summed E-state index contributed by atoms with van der Waals surface area (Å²) < 4.78 is 1.98. The van der Waals surface area contributed by atoms with Gasteiger partial charge in [0, 0.05) is 50.8 Å². The first-order chi connectivity index (χ1) is 9.02. The van der Waals surface area contributed by atoms with Crippen molar-refractivity contribution in [1.82, 2.24) is 15.1 Å². The van der Waals surface area contributed by atoms with E-state index in [0.29, 0.717) is 12.0 Å². The van der Waals surface area contributed by atoms with Crippen LogP contribution in [0.5, 0.6) is 0 Å². The van der Waals surface area contributed by atoms with E-state index in [-0.39, 0.29) is 6.61 Å². The van der Waals surface area contributed by atoms with Gasteiger partial charge in [0.2, 0.25) is 0 Å². The molecule has 0 spiro atoms. The number of aromatic nitrogens is 2. The molecule has 1 unspecified atom stereocenters. The van der Waals surface area contributed by atoms with Gasteiger partial charge in [0.1, 0.15) is 5.82 Å². The maximum Gasteiger partial charge on any atom is 0.131 e. The van der Waals surface area contributed by atoms with E-state index in [0.717, 1.165) is 31.7 Å². The largest absolute Gasteiger partial charge is 0.396 e. The lowest BCUT2D eigenvalue weighted by molar-refractivity contribution is 0.238. The van der Waals surface area contributed by atoms with Crippen LogP contribution in [0.1, 0.15) is 31.5 Å². The zero-order chi connectivity index (χ0) is 14.0. The number of hydrogen-bond donors (Lipinski definition) is 2. The van der Waals surface area contributed by atoms with Crippen molar-refractivity contribution in [3.8, 4) is 0 Å². The molecule has 1 atom stereocenters. The van der Waals surface area contributed by atoms with E-state index in [9.17, 15) is 5.11 Å². The smallest absolute Gasteiger partial charge is 0.131 e. The minimum absolute atomic E-state index is 0.285. The number of aryl methyl sites for hydroxylation is 2. The van der Waals surface area contributed by atoms with E-state index >= 15 is 0 Å². The fourth-order valence-electron chi connectivity index (χ4n) is 2.77. The van der Waals surface area contributed by atoms with Crippen LogP contribution in [0.25, 0.3) is 0 Å². The molecule has 0 amide bonds. The molecular formula is C14H26N4O. The summed E-state index contributed by atoms with van der Waals surface area (Å²) in [4.78, 5) is 2.36. The highest BCUT2D eigenvalue weighted by molar-refractivity contribution is 5.51. The molecular weight excluding hydrogens is 240 g/mol. The minimum Gasteiger partial charge on any atom is -0.396 e. The second-order valence-electron chi connectivity index (χ2n) is 5.83. The Morgan fingerprint density at radius 2 is 2.21 bits per heavy atom. The molecule has 2 N–H and O–H groups in total. The van der Waals surface area contributed by atoms with Crippen molar-refractivity contribution in [3.63, 3.8) is 0 Å². The molecule has 5 heteroatoms. The summed E-state index contributed by atoms with van der Waals surface area (Å²) in [6, 6.07) is 0.469. The molecule has 0 aliphatic carbocycles. The minimum atomic E-state index is 0.285. The quantitative estimate of drug-likeness (QED) is 0.836. The van der Waals surface area contributed by atoms with Crippen molar-refractivity contribution in [2.45, 2.75) is 39.8 Å². The molecule has 19 heavy (non-hydrogen) atoms. The Morgan fingerprint density at radius 1 is 1.47 bits per heavy atom. The van der Waals surface area contributed by atoms with Gasteiger partial charge in [0.15, 0.2) is 0 Å². The van der Waals surface area contributed by atoms with Crippen LogP contribution in [0.4, 0.5) is 5.82 Å². The van der Waals surface area contributed by atoms with Crippen molar-refractivity contribution in [1.29, 1.82) is 0 Å². The second-order valence-corrected chi connectivity index (χ2v) is 5.83. The topological polar surface area (TPSA) is 53.3 Å². The van der Waals surface area contributed by atoms with Crippen molar-refractivity contribution in [2.24, 2.45) is 13.0 Å². The highest BCUT2D eigenvalue weighted by atomic mass is 16.3. The van der Waals surface area contributed by atoms with Crippen LogP contribution in [-0.2, 0) is 13.6 Å². The number of aliphatic hydroxyl groups is 1. The summed E-state index contributed by atoms with van der Waals surface area (Å²) in [6.07, 6.45) is 1.07. The van der Waals surface area contributed by atoms with E-state index in [1.807, 2.05) is 11.7 Å². The highest BCUT2D eigenvalue weighted by Gasteiger charge is 2.27. The van der Waals surface area contributed by atoms with Gasteiger partial charge in [-0.1, -0.05) is 13.8 Å². The van der Waals surface area contributed by atoms with Crippen LogP contribution in [0.3, 0.4) is 0 Å².